The van der Waals surface area contributed by atoms with Crippen LogP contribution in [0.2, 0.25) is 0 Å². The van der Waals surface area contributed by atoms with Gasteiger partial charge in [0.05, 0.1) is 11.0 Å². The van der Waals surface area contributed by atoms with Gasteiger partial charge in [-0.25, -0.2) is 4.98 Å². The Hall–Kier alpha value is -3.36. The first-order chi connectivity index (χ1) is 14.7. The van der Waals surface area contributed by atoms with Crippen LogP contribution >= 0.6 is 0 Å². The van der Waals surface area contributed by atoms with Gasteiger partial charge in [-0.1, -0.05) is 30.3 Å². The van der Waals surface area contributed by atoms with Crippen LogP contribution in [0.4, 0.5) is 18.9 Å². The van der Waals surface area contributed by atoms with Gasteiger partial charge in [-0.15, -0.1) is 0 Å². The maximum atomic E-state index is 13.3. The lowest BCUT2D eigenvalue weighted by Crippen LogP contribution is -2.39. The number of alkyl halides is 3. The molecule has 0 unspecified atom stereocenters. The third kappa shape index (κ3) is 5.04. The van der Waals surface area contributed by atoms with E-state index in [1.807, 2.05) is 42.3 Å². The Kier molecular flexibility index (Phi) is 6.62. The molecule has 0 aliphatic carbocycles. The topological polar surface area (TPSA) is 67.2 Å². The molecule has 1 amide bonds. The van der Waals surface area contributed by atoms with E-state index in [1.54, 1.807) is 6.07 Å². The third-order valence-corrected chi connectivity index (χ3v) is 5.00. The Bertz CT molecular complexity index is 1110. The summed E-state index contributed by atoms with van der Waals surface area (Å²) < 4.78 is 40.8. The summed E-state index contributed by atoms with van der Waals surface area (Å²) >= 11 is 0. The maximum Gasteiger partial charge on any atom is 0.438 e. The van der Waals surface area contributed by atoms with E-state index in [0.717, 1.165) is 10.3 Å². The molecule has 0 spiro atoms. The molecule has 0 aliphatic heterocycles. The Balaban J connectivity index is 1.73. The first-order valence-corrected chi connectivity index (χ1v) is 9.82. The normalized spacial score (nSPS) is 12.5. The van der Waals surface area contributed by atoms with E-state index in [9.17, 15) is 22.8 Å². The molecule has 1 aromatic heterocycles. The first-order valence-electron chi connectivity index (χ1n) is 9.82. The van der Waals surface area contributed by atoms with Gasteiger partial charge in [0.1, 0.15) is 6.04 Å². The van der Waals surface area contributed by atoms with Crippen LogP contribution in [0.25, 0.3) is 11.0 Å². The molecule has 0 saturated carbocycles. The lowest BCUT2D eigenvalue weighted by molar-refractivity contribution is -0.142. The van der Waals surface area contributed by atoms with Gasteiger partial charge in [0, 0.05) is 25.8 Å². The van der Waals surface area contributed by atoms with Gasteiger partial charge in [-0.05, 0) is 37.6 Å². The Morgan fingerprint density at radius 1 is 1.13 bits per heavy atom. The van der Waals surface area contributed by atoms with Gasteiger partial charge in [-0.3, -0.25) is 14.2 Å². The van der Waals surface area contributed by atoms with Crippen LogP contribution in [-0.2, 0) is 11.0 Å². The van der Waals surface area contributed by atoms with Crippen molar-refractivity contribution in [3.05, 3.63) is 70.6 Å². The van der Waals surface area contributed by atoms with E-state index in [0.29, 0.717) is 19.5 Å². The molecule has 0 fully saturated rings. The van der Waals surface area contributed by atoms with Gasteiger partial charge in [0.2, 0.25) is 11.6 Å². The number of halogens is 3. The van der Waals surface area contributed by atoms with Crippen LogP contribution in [0.5, 0.6) is 0 Å². The Labute approximate surface area is 177 Å². The van der Waals surface area contributed by atoms with Crippen molar-refractivity contribution in [3.8, 4) is 0 Å². The molecule has 0 radical (unpaired) electrons. The number of fused-ring (bicyclic) bond motifs is 1. The van der Waals surface area contributed by atoms with E-state index in [1.165, 1.54) is 25.1 Å². The Morgan fingerprint density at radius 2 is 1.77 bits per heavy atom. The fourth-order valence-electron chi connectivity index (χ4n) is 3.33. The molecule has 3 aromatic rings. The van der Waals surface area contributed by atoms with Crippen molar-refractivity contribution >= 4 is 22.6 Å². The zero-order valence-electron chi connectivity index (χ0n) is 17.2. The van der Waals surface area contributed by atoms with Crippen LogP contribution in [-0.4, -0.2) is 35.6 Å². The Morgan fingerprint density at radius 3 is 2.45 bits per heavy atom. The number of nitrogens with one attached hydrogen (secondary N) is 1. The highest BCUT2D eigenvalue weighted by Gasteiger charge is 2.38. The molecule has 1 heterocycles. The number of rotatable bonds is 7. The molecule has 1 N–H and O–H groups in total. The summed E-state index contributed by atoms with van der Waals surface area (Å²) in [5, 5.41) is 2.71. The van der Waals surface area contributed by atoms with E-state index in [-0.39, 0.29) is 11.0 Å². The van der Waals surface area contributed by atoms with E-state index >= 15 is 0 Å². The number of aromatic nitrogens is 2. The predicted octanol–water partition coefficient (Wildman–Crippen LogP) is 3.62. The van der Waals surface area contributed by atoms with Crippen LogP contribution in [0, 0.1) is 0 Å². The largest absolute Gasteiger partial charge is 0.438 e. The number of hydrogen-bond acceptors (Lipinski definition) is 4. The molecule has 9 heteroatoms. The van der Waals surface area contributed by atoms with Crippen molar-refractivity contribution < 1.29 is 18.0 Å². The molecule has 0 saturated heterocycles. The zero-order chi connectivity index (χ0) is 22.6. The molecule has 31 heavy (non-hydrogen) atoms. The molecular weight excluding hydrogens is 409 g/mol. The summed E-state index contributed by atoms with van der Waals surface area (Å²) in [4.78, 5) is 30.7. The molecule has 6 nitrogen and oxygen atoms in total. The molecule has 1 atom stereocenters. The van der Waals surface area contributed by atoms with Crippen molar-refractivity contribution in [2.75, 3.05) is 25.0 Å². The van der Waals surface area contributed by atoms with Gasteiger partial charge >= 0.3 is 6.18 Å². The summed E-state index contributed by atoms with van der Waals surface area (Å²) in [7, 11) is 1.93. The number of amides is 1. The second kappa shape index (κ2) is 9.20. The number of nitrogens with zero attached hydrogens (tertiary/aromatic N) is 3. The molecule has 0 aliphatic rings. The number of carbonyl (C=O) groups excluding carboxylic acids is 1. The molecule has 2 aromatic carbocycles. The summed E-state index contributed by atoms with van der Waals surface area (Å²) in [5.74, 6) is -0.533. The lowest BCUT2D eigenvalue weighted by Gasteiger charge is -2.21. The second-order valence-corrected chi connectivity index (χ2v) is 7.20. The predicted molar refractivity (Wildman–Crippen MR) is 113 cm³/mol. The van der Waals surface area contributed by atoms with Crippen molar-refractivity contribution in [1.29, 1.82) is 0 Å². The quantitative estimate of drug-likeness (QED) is 0.579. The summed E-state index contributed by atoms with van der Waals surface area (Å²) in [6.07, 6.45) is -4.29. The number of hydrogen-bond donors (Lipinski definition) is 1. The highest BCUT2D eigenvalue weighted by molar-refractivity contribution is 5.83. The molecule has 164 valence electrons. The van der Waals surface area contributed by atoms with E-state index < -0.39 is 29.4 Å². The van der Waals surface area contributed by atoms with Crippen LogP contribution in [0.1, 0.15) is 25.1 Å². The van der Waals surface area contributed by atoms with Crippen molar-refractivity contribution in [2.24, 2.45) is 0 Å². The average Bonchev–Trinajstić information content (AvgIpc) is 2.75. The van der Waals surface area contributed by atoms with Gasteiger partial charge in [0.15, 0.2) is 0 Å². The van der Waals surface area contributed by atoms with Crippen LogP contribution < -0.4 is 15.8 Å². The highest BCUT2D eigenvalue weighted by Crippen LogP contribution is 2.27. The SMILES string of the molecule is C[C@H](C(=O)NCCCN(C)c1ccccc1)n1c(=O)c(C(F)(F)F)nc2ccccc21. The number of para-hydroxylation sites is 3. The smallest absolute Gasteiger partial charge is 0.375 e. The van der Waals surface area contributed by atoms with Crippen LogP contribution in [0.3, 0.4) is 0 Å². The van der Waals surface area contributed by atoms with Gasteiger partial charge in [0.25, 0.3) is 5.56 Å². The lowest BCUT2D eigenvalue weighted by atomic mass is 10.2. The number of anilines is 1. The standard InChI is InChI=1S/C22H23F3N4O2/c1-15(20(30)26-13-8-14-28(2)16-9-4-3-5-10-16)29-18-12-7-6-11-17(18)27-19(21(29)31)22(23,24)25/h3-7,9-12,15H,8,13-14H2,1-2H3,(H,26,30)/t15-/m1/s1. The first kappa shape index (κ1) is 22.3. The van der Waals surface area contributed by atoms with E-state index in [4.69, 9.17) is 0 Å². The van der Waals surface area contributed by atoms with Gasteiger partial charge < -0.3 is 10.2 Å². The maximum absolute atomic E-state index is 13.3. The minimum Gasteiger partial charge on any atom is -0.375 e. The average molecular weight is 432 g/mol. The molecule has 0 bridgehead atoms. The minimum atomic E-state index is -4.92. The van der Waals surface area contributed by atoms with Gasteiger partial charge in [-0.2, -0.15) is 13.2 Å². The monoisotopic (exact) mass is 432 g/mol. The molecular formula is C22H23F3N4O2. The van der Waals surface area contributed by atoms with E-state index in [2.05, 4.69) is 10.3 Å². The van der Waals surface area contributed by atoms with Crippen molar-refractivity contribution in [2.45, 2.75) is 25.6 Å². The fraction of sp³-hybridized carbons (Fsp3) is 0.318. The summed E-state index contributed by atoms with van der Waals surface area (Å²) in [5.41, 5.74) is -1.66. The molecule has 3 rings (SSSR count). The number of benzene rings is 2. The second-order valence-electron chi connectivity index (χ2n) is 7.20. The minimum absolute atomic E-state index is 0.00133. The zero-order valence-corrected chi connectivity index (χ0v) is 17.2. The highest BCUT2D eigenvalue weighted by atomic mass is 19.4. The summed E-state index contributed by atoms with van der Waals surface area (Å²) in [6.45, 7) is 2.40. The fourth-order valence-corrected chi connectivity index (χ4v) is 3.33. The van der Waals surface area contributed by atoms with Crippen molar-refractivity contribution in [3.63, 3.8) is 0 Å². The van der Waals surface area contributed by atoms with Crippen molar-refractivity contribution in [1.82, 2.24) is 14.9 Å². The summed E-state index contributed by atoms with van der Waals surface area (Å²) in [6, 6.07) is 14.6. The third-order valence-electron chi connectivity index (χ3n) is 5.00. The van der Waals surface area contributed by atoms with Crippen LogP contribution in [0.15, 0.2) is 59.4 Å². The number of carbonyl (C=O) groups is 1.